The van der Waals surface area contributed by atoms with Crippen LogP contribution >= 0.6 is 23.4 Å². The smallest absolute Gasteiger partial charge is 0.234 e. The lowest BCUT2D eigenvalue weighted by molar-refractivity contribution is -0.113. The molecule has 2 aromatic carbocycles. The molecule has 7 nitrogen and oxygen atoms in total. The van der Waals surface area contributed by atoms with Crippen molar-refractivity contribution < 1.29 is 4.79 Å². The summed E-state index contributed by atoms with van der Waals surface area (Å²) in [6.07, 6.45) is 0. The van der Waals surface area contributed by atoms with E-state index in [1.54, 1.807) is 22.9 Å². The van der Waals surface area contributed by atoms with Gasteiger partial charge in [0.1, 0.15) is 6.07 Å². The zero-order chi connectivity index (χ0) is 19.4. The molecule has 9 heteroatoms. The molecule has 3 aromatic rings. The Kier molecular flexibility index (Phi) is 5.74. The summed E-state index contributed by atoms with van der Waals surface area (Å²) in [5.74, 6) is -0.0973. The lowest BCUT2D eigenvalue weighted by Crippen LogP contribution is -2.15. The fourth-order valence-corrected chi connectivity index (χ4v) is 3.46. The highest BCUT2D eigenvalue weighted by Gasteiger charge is 2.15. The lowest BCUT2D eigenvalue weighted by Gasteiger charge is -2.10. The predicted molar refractivity (Wildman–Crippen MR) is 104 cm³/mol. The summed E-state index contributed by atoms with van der Waals surface area (Å²) in [6.45, 7) is 3.97. The molecule has 3 rings (SSSR count). The number of hydrogen-bond donors (Lipinski definition) is 1. The van der Waals surface area contributed by atoms with Crippen molar-refractivity contribution in [2.45, 2.75) is 19.0 Å². The van der Waals surface area contributed by atoms with Crippen molar-refractivity contribution in [1.29, 1.82) is 5.26 Å². The molecule has 0 aliphatic heterocycles. The van der Waals surface area contributed by atoms with Crippen LogP contribution in [0, 0.1) is 25.2 Å². The van der Waals surface area contributed by atoms with E-state index < -0.39 is 0 Å². The minimum atomic E-state index is -0.225. The SMILES string of the molecule is Cc1cccc(C)c1-n1nnnc1SCC(=O)Nc1ccc(C#N)c(Cl)c1. The molecule has 0 saturated heterocycles. The molecule has 1 amide bonds. The summed E-state index contributed by atoms with van der Waals surface area (Å²) in [7, 11) is 0. The van der Waals surface area contributed by atoms with Crippen molar-refractivity contribution in [2.24, 2.45) is 0 Å². The van der Waals surface area contributed by atoms with Gasteiger partial charge in [0.15, 0.2) is 0 Å². The number of para-hydroxylation sites is 1. The van der Waals surface area contributed by atoms with Crippen LogP contribution in [0.25, 0.3) is 5.69 Å². The lowest BCUT2D eigenvalue weighted by atomic mass is 10.1. The van der Waals surface area contributed by atoms with Crippen LogP contribution in [0.4, 0.5) is 5.69 Å². The molecule has 0 unspecified atom stereocenters. The number of amides is 1. The number of aryl methyl sites for hydroxylation is 2. The zero-order valence-electron chi connectivity index (χ0n) is 14.6. The van der Waals surface area contributed by atoms with Gasteiger partial charge in [-0.1, -0.05) is 41.6 Å². The van der Waals surface area contributed by atoms with E-state index in [-0.39, 0.29) is 11.7 Å². The van der Waals surface area contributed by atoms with Crippen LogP contribution in [0.5, 0.6) is 0 Å². The first-order chi connectivity index (χ1) is 13.0. The summed E-state index contributed by atoms with van der Waals surface area (Å²) in [5.41, 5.74) is 3.88. The summed E-state index contributed by atoms with van der Waals surface area (Å²) in [6, 6.07) is 12.7. The molecule has 0 radical (unpaired) electrons. The van der Waals surface area contributed by atoms with E-state index in [9.17, 15) is 4.79 Å². The quantitative estimate of drug-likeness (QED) is 0.660. The first-order valence-corrected chi connectivity index (χ1v) is 9.33. The van der Waals surface area contributed by atoms with Gasteiger partial charge in [-0.25, -0.2) is 0 Å². The molecule has 0 spiro atoms. The molecule has 1 heterocycles. The minimum Gasteiger partial charge on any atom is -0.325 e. The fourth-order valence-electron chi connectivity index (χ4n) is 2.56. The van der Waals surface area contributed by atoms with Crippen LogP contribution in [0.15, 0.2) is 41.6 Å². The summed E-state index contributed by atoms with van der Waals surface area (Å²) in [4.78, 5) is 12.2. The third kappa shape index (κ3) is 4.27. The molecular formula is C18H15ClN6OS. The van der Waals surface area contributed by atoms with Gasteiger partial charge in [-0.05, 0) is 53.6 Å². The molecule has 0 atom stereocenters. The summed E-state index contributed by atoms with van der Waals surface area (Å²) < 4.78 is 1.64. The number of benzene rings is 2. The maximum atomic E-state index is 12.2. The van der Waals surface area contributed by atoms with Crippen LogP contribution < -0.4 is 5.32 Å². The number of carbonyl (C=O) groups excluding carboxylic acids is 1. The number of halogens is 1. The highest BCUT2D eigenvalue weighted by atomic mass is 35.5. The van der Waals surface area contributed by atoms with Crippen molar-refractivity contribution >= 4 is 35.0 Å². The summed E-state index contributed by atoms with van der Waals surface area (Å²) in [5, 5.41) is 24.3. The third-order valence-electron chi connectivity index (χ3n) is 3.80. The van der Waals surface area contributed by atoms with Crippen LogP contribution in [0.1, 0.15) is 16.7 Å². The van der Waals surface area contributed by atoms with Gasteiger partial charge < -0.3 is 5.32 Å². The van der Waals surface area contributed by atoms with Gasteiger partial charge in [0.2, 0.25) is 11.1 Å². The van der Waals surface area contributed by atoms with Crippen LogP contribution in [0.2, 0.25) is 5.02 Å². The number of carbonyl (C=O) groups is 1. The Hall–Kier alpha value is -2.89. The van der Waals surface area contributed by atoms with Gasteiger partial charge >= 0.3 is 0 Å². The van der Waals surface area contributed by atoms with Gasteiger partial charge in [0.05, 0.1) is 22.0 Å². The second-order valence-corrected chi connectivity index (χ2v) is 7.11. The Morgan fingerprint density at radius 3 is 2.70 bits per heavy atom. The van der Waals surface area contributed by atoms with E-state index in [4.69, 9.17) is 16.9 Å². The number of nitrogens with zero attached hydrogens (tertiary/aromatic N) is 5. The number of hydrogen-bond acceptors (Lipinski definition) is 6. The van der Waals surface area contributed by atoms with E-state index in [2.05, 4.69) is 20.8 Å². The largest absolute Gasteiger partial charge is 0.325 e. The number of tetrazole rings is 1. The topological polar surface area (TPSA) is 96.5 Å². The molecule has 1 N–H and O–H groups in total. The van der Waals surface area contributed by atoms with Crippen molar-refractivity contribution in [3.63, 3.8) is 0 Å². The van der Waals surface area contributed by atoms with Crippen molar-refractivity contribution in [3.05, 3.63) is 58.1 Å². The second kappa shape index (κ2) is 8.20. The predicted octanol–water partition coefficient (Wildman–Crippen LogP) is 3.54. The Balaban J connectivity index is 1.70. The number of nitriles is 1. The van der Waals surface area contributed by atoms with Gasteiger partial charge in [0, 0.05) is 5.69 Å². The van der Waals surface area contributed by atoms with Crippen LogP contribution in [-0.2, 0) is 4.79 Å². The zero-order valence-corrected chi connectivity index (χ0v) is 16.2. The normalized spacial score (nSPS) is 10.4. The van der Waals surface area contributed by atoms with Crippen molar-refractivity contribution in [2.75, 3.05) is 11.1 Å². The molecule has 0 saturated carbocycles. The van der Waals surface area contributed by atoms with Crippen molar-refractivity contribution in [3.8, 4) is 11.8 Å². The van der Waals surface area contributed by atoms with Gasteiger partial charge in [0.25, 0.3) is 0 Å². The standard InChI is InChI=1S/C18H15ClN6OS/c1-11-4-3-5-12(2)17(11)25-18(22-23-24-25)27-10-16(26)21-14-7-6-13(9-20)15(19)8-14/h3-8H,10H2,1-2H3,(H,21,26). The maximum Gasteiger partial charge on any atom is 0.234 e. The molecule has 136 valence electrons. The number of thioether (sulfide) groups is 1. The van der Waals surface area contributed by atoms with E-state index in [0.717, 1.165) is 16.8 Å². The third-order valence-corrected chi connectivity index (χ3v) is 5.03. The molecule has 0 bridgehead atoms. The molecule has 0 aliphatic carbocycles. The highest BCUT2D eigenvalue weighted by Crippen LogP contribution is 2.24. The van der Waals surface area contributed by atoms with E-state index in [0.29, 0.717) is 21.4 Å². The Morgan fingerprint density at radius 1 is 1.30 bits per heavy atom. The van der Waals surface area contributed by atoms with E-state index in [1.165, 1.54) is 11.8 Å². The number of aromatic nitrogens is 4. The van der Waals surface area contributed by atoms with Gasteiger partial charge in [-0.15, -0.1) is 5.10 Å². The number of anilines is 1. The van der Waals surface area contributed by atoms with Crippen molar-refractivity contribution in [1.82, 2.24) is 20.2 Å². The monoisotopic (exact) mass is 398 g/mol. The number of rotatable bonds is 5. The molecular weight excluding hydrogens is 384 g/mol. The molecule has 27 heavy (non-hydrogen) atoms. The maximum absolute atomic E-state index is 12.2. The second-order valence-electron chi connectivity index (χ2n) is 5.76. The number of nitrogens with one attached hydrogen (secondary N) is 1. The molecule has 0 aliphatic rings. The Labute approximate surface area is 165 Å². The molecule has 0 fully saturated rings. The average molecular weight is 399 g/mol. The van der Waals surface area contributed by atoms with E-state index >= 15 is 0 Å². The van der Waals surface area contributed by atoms with Crippen LogP contribution in [0.3, 0.4) is 0 Å². The average Bonchev–Trinajstić information content (AvgIpc) is 3.08. The Morgan fingerprint density at radius 2 is 2.04 bits per heavy atom. The van der Waals surface area contributed by atoms with E-state index in [1.807, 2.05) is 38.1 Å². The first-order valence-electron chi connectivity index (χ1n) is 7.97. The fraction of sp³-hybridized carbons (Fsp3) is 0.167. The Bertz CT molecular complexity index is 1020. The molecule has 1 aromatic heterocycles. The first kappa shape index (κ1) is 18.9. The summed E-state index contributed by atoms with van der Waals surface area (Å²) >= 11 is 7.22. The van der Waals surface area contributed by atoms with Crippen LogP contribution in [-0.4, -0.2) is 31.9 Å². The highest BCUT2D eigenvalue weighted by molar-refractivity contribution is 7.99. The minimum absolute atomic E-state index is 0.128. The van der Waals surface area contributed by atoms with Gasteiger partial charge in [-0.2, -0.15) is 9.94 Å². The van der Waals surface area contributed by atoms with Gasteiger partial charge in [-0.3, -0.25) is 4.79 Å².